The third-order valence-electron chi connectivity index (χ3n) is 12.5. The zero-order chi connectivity index (χ0) is 45.4. The van der Waals surface area contributed by atoms with Crippen molar-refractivity contribution >= 4 is 40.3 Å². The average Bonchev–Trinajstić information content (AvgIpc) is 3.83. The van der Waals surface area contributed by atoms with Crippen molar-refractivity contribution in [3.63, 3.8) is 0 Å². The predicted octanol–water partition coefficient (Wildman–Crippen LogP) is 10.0. The van der Waals surface area contributed by atoms with E-state index in [2.05, 4.69) is 50.8 Å². The summed E-state index contributed by atoms with van der Waals surface area (Å²) in [5.41, 5.74) is 5.32. The van der Waals surface area contributed by atoms with Gasteiger partial charge in [-0.3, -0.25) is 14.3 Å². The Morgan fingerprint density at radius 1 is 1.03 bits per heavy atom. The van der Waals surface area contributed by atoms with Gasteiger partial charge < -0.3 is 34.4 Å². The van der Waals surface area contributed by atoms with E-state index in [9.17, 15) is 14.4 Å². The Balaban J connectivity index is 1.03. The zero-order valence-electron chi connectivity index (χ0n) is 37.7. The number of methoxy groups -OCH3 is 1. The third kappa shape index (κ3) is 8.01. The maximum Gasteiger partial charge on any atom is 0.411 e. The van der Waals surface area contributed by atoms with Crippen molar-refractivity contribution in [2.45, 2.75) is 111 Å². The highest BCUT2D eigenvalue weighted by molar-refractivity contribution is 7.12. The van der Waals surface area contributed by atoms with Gasteiger partial charge in [0.15, 0.2) is 0 Å². The van der Waals surface area contributed by atoms with E-state index < -0.39 is 29.8 Å². The number of thiophene rings is 1. The van der Waals surface area contributed by atoms with Crippen LogP contribution in [0.2, 0.25) is 0 Å². The fraction of sp³-hybridized carbons (Fsp3) is 0.438. The van der Waals surface area contributed by atoms with Gasteiger partial charge in [0.1, 0.15) is 34.9 Å². The first-order chi connectivity index (χ1) is 30.5. The first-order valence-electron chi connectivity index (χ1n) is 22.0. The number of ether oxygens (including phenoxy) is 3. The van der Waals surface area contributed by atoms with Gasteiger partial charge >= 0.3 is 12.2 Å². The summed E-state index contributed by atoms with van der Waals surface area (Å²) in [5.74, 6) is 1.22. The lowest BCUT2D eigenvalue weighted by atomic mass is 10.0. The fourth-order valence-electron chi connectivity index (χ4n) is 9.14. The molecule has 2 fully saturated rings. The molecular formula is C48H55FN8O6S. The van der Waals surface area contributed by atoms with Crippen LogP contribution in [0.4, 0.5) is 14.0 Å². The topological polar surface area (TPSA) is 160 Å². The van der Waals surface area contributed by atoms with Crippen LogP contribution in [0.5, 0.6) is 5.75 Å². The van der Waals surface area contributed by atoms with E-state index in [1.807, 2.05) is 76.9 Å². The van der Waals surface area contributed by atoms with Gasteiger partial charge in [-0.05, 0) is 108 Å². The van der Waals surface area contributed by atoms with Gasteiger partial charge in [-0.25, -0.2) is 23.9 Å². The number of aromatic nitrogens is 5. The lowest BCUT2D eigenvalue weighted by Gasteiger charge is -2.30. The minimum absolute atomic E-state index is 0.163. The highest BCUT2D eigenvalue weighted by Crippen LogP contribution is 2.54. The monoisotopic (exact) mass is 890 g/mol. The van der Waals surface area contributed by atoms with E-state index in [0.717, 1.165) is 51.3 Å². The Kier molecular flexibility index (Phi) is 11.1. The number of rotatable bonds is 11. The molecule has 5 atom stereocenters. The number of nitrogens with one attached hydrogen (secondary N) is 3. The number of fused-ring (bicyclic) bond motifs is 6. The van der Waals surface area contributed by atoms with Gasteiger partial charge in [-0.2, -0.15) is 0 Å². The van der Waals surface area contributed by atoms with Gasteiger partial charge in [-0.1, -0.05) is 26.8 Å². The molecule has 3 aliphatic rings. The minimum Gasteiger partial charge on any atom is -0.464 e. The molecule has 0 radical (unpaired) electrons. The number of hydrogen-bond donors (Lipinski definition) is 3. The number of halogens is 1. The summed E-state index contributed by atoms with van der Waals surface area (Å²) in [6, 6.07) is 12.8. The molecule has 0 bridgehead atoms. The Morgan fingerprint density at radius 2 is 1.80 bits per heavy atom. The second-order valence-electron chi connectivity index (χ2n) is 18.6. The van der Waals surface area contributed by atoms with Gasteiger partial charge in [0.25, 0.3) is 0 Å². The SMILES string of the molecule is CCCN(Cc1ncc(-c2cc(F)c3c(c2)OC(c2cc(C)c(C)s2)n2c-3cc3cc(-c4cnc(C5CC6CC6N5C(=O)OC(C)(C)C)[nH]4)ccc32)[nH]1)C(=O)C(NC(=O)OC)C(C)C. The third-order valence-corrected chi connectivity index (χ3v) is 13.6. The number of likely N-dealkylation sites (tertiary alicyclic amines) is 1. The maximum absolute atomic E-state index is 16.8. The molecule has 4 aromatic heterocycles. The van der Waals surface area contributed by atoms with Crippen LogP contribution in [-0.4, -0.2) is 83.7 Å². The number of piperidine rings is 1. The standard InChI is InChI=1S/C48H55FN8O6S/c1-10-13-55(44(58)42(24(2)3)54-46(59)61-9)23-40-50-21-33(52-40)28-16-31(49)41-36-18-29-15-27(11-12-34(29)56(36)45(62-38(41)20-28)39-14-25(4)26(5)64-39)32-22-51-43(53-32)37-19-30-17-35(30)57(37)47(60)63-48(6,7)8/h11-12,14-16,18,20-22,24,30,35,37,42,45H,10,13,17,19,23H2,1-9H3,(H,50,52)(H,51,53)(H,54,59). The van der Waals surface area contributed by atoms with Crippen molar-refractivity contribution in [1.29, 1.82) is 0 Å². The van der Waals surface area contributed by atoms with Gasteiger partial charge in [0.2, 0.25) is 12.1 Å². The van der Waals surface area contributed by atoms with E-state index in [1.165, 1.54) is 18.1 Å². The zero-order valence-corrected chi connectivity index (χ0v) is 38.5. The van der Waals surface area contributed by atoms with E-state index in [0.29, 0.717) is 53.0 Å². The maximum atomic E-state index is 16.8. The van der Waals surface area contributed by atoms with Crippen LogP contribution < -0.4 is 10.1 Å². The number of aromatic amines is 2. The van der Waals surface area contributed by atoms with Crippen LogP contribution in [0.1, 0.15) is 100 Å². The van der Waals surface area contributed by atoms with Crippen molar-refractivity contribution in [3.8, 4) is 39.5 Å². The quantitative estimate of drug-likeness (QED) is 0.116. The molecule has 3 N–H and O–H groups in total. The van der Waals surface area contributed by atoms with Crippen molar-refractivity contribution in [2.75, 3.05) is 13.7 Å². The molecule has 9 rings (SSSR count). The van der Waals surface area contributed by atoms with E-state index in [4.69, 9.17) is 19.2 Å². The van der Waals surface area contributed by atoms with Gasteiger partial charge in [-0.15, -0.1) is 11.3 Å². The molecule has 1 saturated heterocycles. The smallest absolute Gasteiger partial charge is 0.411 e. The summed E-state index contributed by atoms with van der Waals surface area (Å²) < 4.78 is 36.3. The lowest BCUT2D eigenvalue weighted by Crippen LogP contribution is -2.51. The van der Waals surface area contributed by atoms with Crippen LogP contribution >= 0.6 is 11.3 Å². The number of imidazole rings is 2. The molecule has 2 aromatic carbocycles. The van der Waals surface area contributed by atoms with Crippen molar-refractivity contribution in [1.82, 2.24) is 39.6 Å². The number of aryl methyl sites for hydroxylation is 2. The lowest BCUT2D eigenvalue weighted by molar-refractivity contribution is -0.135. The Bertz CT molecular complexity index is 2760. The Hall–Kier alpha value is -6.16. The number of nitrogens with zero attached hydrogens (tertiary/aromatic N) is 5. The van der Waals surface area contributed by atoms with Crippen molar-refractivity contribution < 1.29 is 33.0 Å². The summed E-state index contributed by atoms with van der Waals surface area (Å²) in [4.78, 5) is 60.9. The highest BCUT2D eigenvalue weighted by Gasteiger charge is 2.56. The number of H-pyrrole nitrogens is 2. The van der Waals surface area contributed by atoms with Crippen LogP contribution in [-0.2, 0) is 20.8 Å². The molecule has 64 heavy (non-hydrogen) atoms. The molecule has 1 aliphatic carbocycles. The second-order valence-corrected chi connectivity index (χ2v) is 19.9. The molecule has 16 heteroatoms. The summed E-state index contributed by atoms with van der Waals surface area (Å²) in [6.07, 6.45) is 4.42. The molecule has 6 aromatic rings. The number of hydrogen-bond acceptors (Lipinski definition) is 9. The van der Waals surface area contributed by atoms with Crippen LogP contribution in [0, 0.1) is 31.5 Å². The van der Waals surface area contributed by atoms with Gasteiger partial charge in [0, 0.05) is 34.0 Å². The van der Waals surface area contributed by atoms with E-state index >= 15 is 4.39 Å². The molecule has 336 valence electrons. The summed E-state index contributed by atoms with van der Waals surface area (Å²) in [5, 5.41) is 3.57. The highest BCUT2D eigenvalue weighted by atomic mass is 32.1. The molecular weight excluding hydrogens is 836 g/mol. The summed E-state index contributed by atoms with van der Waals surface area (Å²) in [7, 11) is 1.26. The van der Waals surface area contributed by atoms with Crippen molar-refractivity contribution in [2.24, 2.45) is 11.8 Å². The average molecular weight is 891 g/mol. The van der Waals surface area contributed by atoms with Crippen molar-refractivity contribution in [3.05, 3.63) is 87.6 Å². The second kappa shape index (κ2) is 16.4. The molecule has 5 unspecified atom stereocenters. The largest absolute Gasteiger partial charge is 0.464 e. The van der Waals surface area contributed by atoms with Crippen LogP contribution in [0.15, 0.2) is 54.9 Å². The first kappa shape index (κ1) is 43.1. The fourth-order valence-corrected chi connectivity index (χ4v) is 10.2. The summed E-state index contributed by atoms with van der Waals surface area (Å²) >= 11 is 1.65. The normalized spacial score (nSPS) is 19.2. The molecule has 3 amide bonds. The van der Waals surface area contributed by atoms with Crippen LogP contribution in [0.3, 0.4) is 0 Å². The molecule has 1 saturated carbocycles. The molecule has 14 nitrogen and oxygen atoms in total. The molecule has 2 aliphatic heterocycles. The molecule has 0 spiro atoms. The van der Waals surface area contributed by atoms with Gasteiger partial charge in [0.05, 0.1) is 65.1 Å². The van der Waals surface area contributed by atoms with E-state index in [1.54, 1.807) is 22.4 Å². The summed E-state index contributed by atoms with van der Waals surface area (Å²) in [6.45, 7) is 16.1. The number of carbonyl (C=O) groups excluding carboxylic acids is 3. The number of carbonyl (C=O) groups is 3. The Labute approximate surface area is 375 Å². The molecule has 6 heterocycles. The number of benzene rings is 2. The number of alkyl carbamates (subject to hydrolysis) is 1. The van der Waals surface area contributed by atoms with E-state index in [-0.39, 0.29) is 36.5 Å². The Morgan fingerprint density at radius 3 is 2.50 bits per heavy atom. The first-order valence-corrected chi connectivity index (χ1v) is 22.8. The number of amides is 3. The minimum atomic E-state index is -0.782. The van der Waals surface area contributed by atoms with Crippen LogP contribution in [0.25, 0.3) is 44.7 Å². The predicted molar refractivity (Wildman–Crippen MR) is 242 cm³/mol.